The smallest absolute Gasteiger partial charge is 0.164 e. The highest BCUT2D eigenvalue weighted by atomic mass is 15.5. The van der Waals surface area contributed by atoms with Gasteiger partial charge in [0, 0.05) is 6.54 Å². The zero-order valence-electron chi connectivity index (χ0n) is 5.28. The van der Waals surface area contributed by atoms with Crippen molar-refractivity contribution in [3.63, 3.8) is 0 Å². The molecule has 1 heterocycles. The van der Waals surface area contributed by atoms with Crippen molar-refractivity contribution in [2.24, 2.45) is 5.73 Å². The Bertz CT molecular complexity index is 162. The Hall–Kier alpha value is -0.970. The van der Waals surface area contributed by atoms with Crippen molar-refractivity contribution in [3.8, 4) is 0 Å². The molecule has 0 aromatic carbocycles. The quantitative estimate of drug-likeness (QED) is 0.562. The predicted octanol–water partition coefficient (Wildman–Crippen LogP) is -0.848. The topological polar surface area (TPSA) is 69.6 Å². The summed E-state index contributed by atoms with van der Waals surface area (Å²) in [6.07, 6.45) is 0. The molecule has 0 saturated carbocycles. The van der Waals surface area contributed by atoms with Crippen LogP contribution in [0.25, 0.3) is 0 Å². The van der Waals surface area contributed by atoms with Crippen LogP contribution in [0.5, 0.6) is 0 Å². The van der Waals surface area contributed by atoms with Gasteiger partial charge in [0.25, 0.3) is 0 Å². The van der Waals surface area contributed by atoms with Crippen LogP contribution in [0.15, 0.2) is 0 Å². The summed E-state index contributed by atoms with van der Waals surface area (Å²) < 4.78 is 1.67. The van der Waals surface area contributed by atoms with Gasteiger partial charge in [-0.3, -0.25) is 0 Å². The molecule has 0 aliphatic heterocycles. The molecule has 1 aromatic heterocycles. The second-order valence-corrected chi connectivity index (χ2v) is 1.62. The van der Waals surface area contributed by atoms with Crippen molar-refractivity contribution in [2.75, 3.05) is 0 Å². The van der Waals surface area contributed by atoms with Gasteiger partial charge in [0.2, 0.25) is 0 Å². The number of aryl methyl sites for hydroxylation is 1. The lowest BCUT2D eigenvalue weighted by atomic mass is 10.6. The van der Waals surface area contributed by atoms with Gasteiger partial charge >= 0.3 is 0 Å². The van der Waals surface area contributed by atoms with E-state index in [-0.39, 0.29) is 0 Å². The highest BCUT2D eigenvalue weighted by Crippen LogP contribution is 1.86. The molecule has 2 N–H and O–H groups in total. The summed E-state index contributed by atoms with van der Waals surface area (Å²) in [5.41, 5.74) is 5.31. The van der Waals surface area contributed by atoms with E-state index in [4.69, 9.17) is 5.73 Å². The zero-order valence-corrected chi connectivity index (χ0v) is 5.28. The molecule has 0 aliphatic carbocycles. The molecule has 5 nitrogen and oxygen atoms in total. The van der Waals surface area contributed by atoms with Crippen molar-refractivity contribution in [1.29, 1.82) is 0 Å². The Kier molecular flexibility index (Phi) is 1.74. The number of hydrogen-bond acceptors (Lipinski definition) is 4. The number of aromatic nitrogens is 4. The monoisotopic (exact) mass is 127 g/mol. The lowest BCUT2D eigenvalue weighted by Crippen LogP contribution is -2.08. The zero-order chi connectivity index (χ0) is 6.69. The van der Waals surface area contributed by atoms with Crippen molar-refractivity contribution in [2.45, 2.75) is 20.0 Å². The summed E-state index contributed by atoms with van der Waals surface area (Å²) in [5, 5.41) is 10.8. The maximum absolute atomic E-state index is 5.31. The molecule has 0 unspecified atom stereocenters. The highest BCUT2D eigenvalue weighted by molar-refractivity contribution is 4.76. The summed E-state index contributed by atoms with van der Waals surface area (Å²) in [4.78, 5) is 0. The molecule has 1 aromatic rings. The normalized spacial score (nSPS) is 10.0. The summed E-state index contributed by atoms with van der Waals surface area (Å²) in [5.74, 6) is 0.734. The fourth-order valence-corrected chi connectivity index (χ4v) is 0.615. The van der Waals surface area contributed by atoms with Gasteiger partial charge in [-0.25, -0.2) is 4.68 Å². The van der Waals surface area contributed by atoms with Crippen LogP contribution in [-0.4, -0.2) is 20.2 Å². The maximum atomic E-state index is 5.31. The third-order valence-electron chi connectivity index (χ3n) is 1.09. The van der Waals surface area contributed by atoms with Crippen LogP contribution >= 0.6 is 0 Å². The average Bonchev–Trinajstić information content (AvgIpc) is 2.33. The molecule has 0 bridgehead atoms. The van der Waals surface area contributed by atoms with E-state index in [2.05, 4.69) is 15.5 Å². The molecular weight excluding hydrogens is 118 g/mol. The molecule has 5 heteroatoms. The molecule has 1 rings (SSSR count). The van der Waals surface area contributed by atoms with Crippen LogP contribution in [0.2, 0.25) is 0 Å². The fraction of sp³-hybridized carbons (Fsp3) is 0.750. The molecule has 0 spiro atoms. The Labute approximate surface area is 52.8 Å². The molecule has 0 saturated heterocycles. The molecular formula is C4H9N5. The third-order valence-corrected chi connectivity index (χ3v) is 1.09. The summed E-state index contributed by atoms with van der Waals surface area (Å²) in [7, 11) is 0. The van der Waals surface area contributed by atoms with Crippen LogP contribution in [0.3, 0.4) is 0 Å². The molecule has 0 fully saturated rings. The Balaban J connectivity index is 2.85. The molecule has 0 atom stereocenters. The standard InChI is InChI=1S/C4H9N5/c1-2-9-4(3-5)6-7-8-9/h2-3,5H2,1H3. The van der Waals surface area contributed by atoms with Gasteiger partial charge in [-0.2, -0.15) is 0 Å². The van der Waals surface area contributed by atoms with Gasteiger partial charge in [-0.15, -0.1) is 5.10 Å². The van der Waals surface area contributed by atoms with Gasteiger partial charge in [-0.05, 0) is 17.4 Å². The Morgan fingerprint density at radius 3 is 2.89 bits per heavy atom. The van der Waals surface area contributed by atoms with Crippen LogP contribution < -0.4 is 5.73 Å². The second-order valence-electron chi connectivity index (χ2n) is 1.62. The summed E-state index contributed by atoms with van der Waals surface area (Å²) in [6, 6.07) is 0. The summed E-state index contributed by atoms with van der Waals surface area (Å²) >= 11 is 0. The van der Waals surface area contributed by atoms with Crippen molar-refractivity contribution in [1.82, 2.24) is 20.2 Å². The van der Waals surface area contributed by atoms with Gasteiger partial charge in [0.15, 0.2) is 5.82 Å². The first-order valence-corrected chi connectivity index (χ1v) is 2.83. The van der Waals surface area contributed by atoms with Crippen molar-refractivity contribution < 1.29 is 0 Å². The predicted molar refractivity (Wildman–Crippen MR) is 31.4 cm³/mol. The fourth-order valence-electron chi connectivity index (χ4n) is 0.615. The van der Waals surface area contributed by atoms with Crippen LogP contribution in [0.4, 0.5) is 0 Å². The van der Waals surface area contributed by atoms with Crippen LogP contribution in [0, 0.1) is 0 Å². The Morgan fingerprint density at radius 1 is 1.67 bits per heavy atom. The molecule has 9 heavy (non-hydrogen) atoms. The number of nitrogens with two attached hydrogens (primary N) is 1. The van der Waals surface area contributed by atoms with E-state index >= 15 is 0 Å². The van der Waals surface area contributed by atoms with Gasteiger partial charge in [-0.1, -0.05) is 0 Å². The molecule has 0 aliphatic rings. The summed E-state index contributed by atoms with van der Waals surface area (Å²) in [6.45, 7) is 3.15. The average molecular weight is 127 g/mol. The molecule has 0 radical (unpaired) electrons. The number of hydrogen-bond donors (Lipinski definition) is 1. The lowest BCUT2D eigenvalue weighted by Gasteiger charge is -1.94. The van der Waals surface area contributed by atoms with E-state index in [1.54, 1.807) is 4.68 Å². The SMILES string of the molecule is CCn1nnnc1CN. The van der Waals surface area contributed by atoms with Gasteiger partial charge in [0.1, 0.15) is 0 Å². The van der Waals surface area contributed by atoms with E-state index < -0.39 is 0 Å². The van der Waals surface area contributed by atoms with Gasteiger partial charge in [0.05, 0.1) is 6.54 Å². The first-order chi connectivity index (χ1) is 4.38. The van der Waals surface area contributed by atoms with Crippen molar-refractivity contribution in [3.05, 3.63) is 5.82 Å². The minimum absolute atomic E-state index is 0.404. The van der Waals surface area contributed by atoms with E-state index in [1.165, 1.54) is 0 Å². The minimum atomic E-state index is 0.404. The van der Waals surface area contributed by atoms with E-state index in [0.29, 0.717) is 6.54 Å². The van der Waals surface area contributed by atoms with Gasteiger partial charge < -0.3 is 5.73 Å². The second kappa shape index (κ2) is 2.54. The van der Waals surface area contributed by atoms with E-state index in [9.17, 15) is 0 Å². The Morgan fingerprint density at radius 2 is 2.44 bits per heavy atom. The largest absolute Gasteiger partial charge is 0.324 e. The third kappa shape index (κ3) is 1.05. The van der Waals surface area contributed by atoms with E-state index in [1.807, 2.05) is 6.92 Å². The first kappa shape index (κ1) is 6.15. The minimum Gasteiger partial charge on any atom is -0.324 e. The van der Waals surface area contributed by atoms with E-state index in [0.717, 1.165) is 12.4 Å². The molecule has 0 amide bonds. The number of nitrogens with zero attached hydrogens (tertiary/aromatic N) is 4. The van der Waals surface area contributed by atoms with Crippen LogP contribution in [0.1, 0.15) is 12.7 Å². The van der Waals surface area contributed by atoms with Crippen molar-refractivity contribution >= 4 is 0 Å². The highest BCUT2D eigenvalue weighted by Gasteiger charge is 1.98. The number of rotatable bonds is 2. The maximum Gasteiger partial charge on any atom is 0.164 e. The first-order valence-electron chi connectivity index (χ1n) is 2.83. The van der Waals surface area contributed by atoms with Crippen LogP contribution in [-0.2, 0) is 13.1 Å². The number of tetrazole rings is 1. The lowest BCUT2D eigenvalue weighted by molar-refractivity contribution is 0.598. The molecule has 50 valence electrons.